The minimum absolute atomic E-state index is 0.0198. The predicted molar refractivity (Wildman–Crippen MR) is 140 cm³/mol. The second-order valence-corrected chi connectivity index (χ2v) is 11.8. The maximum absolute atomic E-state index is 13.6. The van der Waals surface area contributed by atoms with Crippen molar-refractivity contribution in [2.24, 2.45) is 0 Å². The van der Waals surface area contributed by atoms with Crippen LogP contribution in [0.4, 0.5) is 0 Å². The topological polar surface area (TPSA) is 60.9 Å². The first-order chi connectivity index (χ1) is 16.9. The summed E-state index contributed by atoms with van der Waals surface area (Å²) in [6.07, 6.45) is 1.74. The summed E-state index contributed by atoms with van der Waals surface area (Å²) in [5.74, 6) is 0.0970. The summed E-state index contributed by atoms with van der Waals surface area (Å²) in [4.78, 5) is 2.71. The van der Waals surface area contributed by atoms with Gasteiger partial charge in [-0.25, -0.2) is 8.42 Å². The van der Waals surface area contributed by atoms with Gasteiger partial charge < -0.3 is 5.11 Å². The lowest BCUT2D eigenvalue weighted by molar-refractivity contribution is -0.0553. The highest BCUT2D eigenvalue weighted by molar-refractivity contribution is 7.89. The van der Waals surface area contributed by atoms with E-state index >= 15 is 0 Å². The molecule has 3 aromatic rings. The van der Waals surface area contributed by atoms with Crippen molar-refractivity contribution in [2.75, 3.05) is 26.2 Å². The van der Waals surface area contributed by atoms with Crippen LogP contribution in [0.3, 0.4) is 0 Å². The van der Waals surface area contributed by atoms with Crippen LogP contribution in [0.25, 0.3) is 11.1 Å². The minimum atomic E-state index is -3.59. The highest BCUT2D eigenvalue weighted by Crippen LogP contribution is 2.43. The third-order valence-corrected chi connectivity index (χ3v) is 9.75. The third-order valence-electron chi connectivity index (χ3n) is 7.72. The third kappa shape index (κ3) is 4.56. The van der Waals surface area contributed by atoms with Crippen molar-refractivity contribution in [1.29, 1.82) is 0 Å². The van der Waals surface area contributed by atoms with E-state index in [1.807, 2.05) is 19.1 Å². The van der Waals surface area contributed by atoms with Crippen LogP contribution in [-0.4, -0.2) is 61.1 Å². The van der Waals surface area contributed by atoms with Crippen molar-refractivity contribution in [3.05, 3.63) is 89.5 Å². The molecule has 184 valence electrons. The van der Waals surface area contributed by atoms with Gasteiger partial charge in [0.05, 0.1) is 11.5 Å². The molecule has 5 rings (SSSR count). The largest absolute Gasteiger partial charge is 0.395 e. The Hall–Kier alpha value is -2.51. The highest BCUT2D eigenvalue weighted by atomic mass is 32.2. The van der Waals surface area contributed by atoms with E-state index in [0.717, 1.165) is 36.1 Å². The van der Waals surface area contributed by atoms with Gasteiger partial charge in [0.1, 0.15) is 0 Å². The molecule has 35 heavy (non-hydrogen) atoms. The van der Waals surface area contributed by atoms with Crippen LogP contribution in [0.15, 0.2) is 77.7 Å². The van der Waals surface area contributed by atoms with Crippen LogP contribution >= 0.6 is 0 Å². The molecule has 0 spiro atoms. The van der Waals surface area contributed by atoms with E-state index < -0.39 is 10.0 Å². The number of fused-ring (bicyclic) bond motifs is 1. The number of sulfonamides is 1. The van der Waals surface area contributed by atoms with E-state index in [4.69, 9.17) is 0 Å². The van der Waals surface area contributed by atoms with Gasteiger partial charge in [0.25, 0.3) is 0 Å². The van der Waals surface area contributed by atoms with Crippen LogP contribution in [0.5, 0.6) is 0 Å². The summed E-state index contributed by atoms with van der Waals surface area (Å²) in [5, 5.41) is 10.2. The molecular formula is C29H34N2O3S. The average molecular weight is 491 g/mol. The summed E-state index contributed by atoms with van der Waals surface area (Å²) in [6, 6.07) is 24.4. The number of aryl methyl sites for hydroxylation is 2. The molecule has 6 heteroatoms. The Kier molecular flexibility index (Phi) is 6.82. The summed E-state index contributed by atoms with van der Waals surface area (Å²) in [5.41, 5.74) is 5.51. The molecule has 3 atom stereocenters. The van der Waals surface area contributed by atoms with Crippen LogP contribution < -0.4 is 0 Å². The molecule has 0 bridgehead atoms. The molecular weight excluding hydrogens is 456 g/mol. The Labute approximate surface area is 209 Å². The fraction of sp³-hybridized carbons (Fsp3) is 0.379. The molecule has 0 aliphatic carbocycles. The van der Waals surface area contributed by atoms with Crippen LogP contribution in [-0.2, 0) is 10.0 Å². The number of aliphatic hydroxyl groups is 1. The number of rotatable bonds is 5. The van der Waals surface area contributed by atoms with Crippen LogP contribution in [0, 0.1) is 13.8 Å². The lowest BCUT2D eigenvalue weighted by Crippen LogP contribution is -2.67. The minimum Gasteiger partial charge on any atom is -0.395 e. The molecule has 1 N–H and O–H groups in total. The van der Waals surface area contributed by atoms with E-state index in [1.165, 1.54) is 11.1 Å². The maximum atomic E-state index is 13.6. The molecule has 0 amide bonds. The number of nitrogens with zero attached hydrogens (tertiary/aromatic N) is 2. The van der Waals surface area contributed by atoms with Gasteiger partial charge in [0.2, 0.25) is 10.0 Å². The summed E-state index contributed by atoms with van der Waals surface area (Å²) >= 11 is 0. The normalized spacial score (nSPS) is 23.7. The molecule has 0 aromatic heterocycles. The first kappa shape index (κ1) is 24.2. The highest BCUT2D eigenvalue weighted by Gasteiger charge is 2.50. The zero-order chi connectivity index (χ0) is 24.6. The summed E-state index contributed by atoms with van der Waals surface area (Å²) in [7, 11) is -3.59. The Morgan fingerprint density at radius 3 is 2.14 bits per heavy atom. The van der Waals surface area contributed by atoms with Crippen molar-refractivity contribution < 1.29 is 13.5 Å². The summed E-state index contributed by atoms with van der Waals surface area (Å²) in [6.45, 7) is 5.88. The van der Waals surface area contributed by atoms with Gasteiger partial charge in [-0.05, 0) is 61.6 Å². The van der Waals surface area contributed by atoms with E-state index in [2.05, 4.69) is 60.4 Å². The molecule has 2 aliphatic rings. The molecule has 2 heterocycles. The molecule has 0 saturated carbocycles. The SMILES string of the molecule is Cc1ccc(-c2ccc([C@@H]3[C@@H](CO)N4CCCCN(S(=O)(=O)c5ccccc5C)C[C@H]34)cc2)cc1. The molecule has 0 unspecified atom stereocenters. The second kappa shape index (κ2) is 9.86. The Balaban J connectivity index is 1.43. The quantitative estimate of drug-likeness (QED) is 0.569. The van der Waals surface area contributed by atoms with Crippen LogP contribution in [0.2, 0.25) is 0 Å². The summed E-state index contributed by atoms with van der Waals surface area (Å²) < 4.78 is 28.9. The van der Waals surface area contributed by atoms with Crippen molar-refractivity contribution >= 4 is 10.0 Å². The molecule has 2 fully saturated rings. The average Bonchev–Trinajstić information content (AvgIpc) is 2.84. The molecule has 2 aliphatic heterocycles. The zero-order valence-electron chi connectivity index (χ0n) is 20.5. The molecule has 3 aromatic carbocycles. The van der Waals surface area contributed by atoms with Crippen molar-refractivity contribution in [2.45, 2.75) is 49.6 Å². The lowest BCUT2D eigenvalue weighted by Gasteiger charge is -2.57. The smallest absolute Gasteiger partial charge is 0.243 e. The number of benzene rings is 3. The van der Waals surface area contributed by atoms with E-state index in [9.17, 15) is 13.5 Å². The van der Waals surface area contributed by atoms with Gasteiger partial charge in [-0.1, -0.05) is 72.3 Å². The first-order valence-corrected chi connectivity index (χ1v) is 13.9. The fourth-order valence-corrected chi connectivity index (χ4v) is 7.48. The number of hydrogen-bond acceptors (Lipinski definition) is 4. The number of aliphatic hydroxyl groups excluding tert-OH is 1. The van der Waals surface area contributed by atoms with Crippen molar-refractivity contribution in [3.63, 3.8) is 0 Å². The molecule has 5 nitrogen and oxygen atoms in total. The van der Waals surface area contributed by atoms with Crippen molar-refractivity contribution in [1.82, 2.24) is 9.21 Å². The van der Waals surface area contributed by atoms with Crippen molar-refractivity contribution in [3.8, 4) is 11.1 Å². The van der Waals surface area contributed by atoms with Gasteiger partial charge >= 0.3 is 0 Å². The first-order valence-electron chi connectivity index (χ1n) is 12.5. The van der Waals surface area contributed by atoms with E-state index in [-0.39, 0.29) is 24.6 Å². The van der Waals surface area contributed by atoms with Gasteiger partial charge in [0.15, 0.2) is 0 Å². The standard InChI is InChI=1S/C29H34N2O3S/c1-21-9-11-23(12-10-21)24-13-15-25(16-14-24)29-26-19-30(17-5-6-18-31(26)27(29)20-32)35(33,34)28-8-4-3-7-22(28)2/h3-4,7-16,26-27,29,32H,5-6,17-20H2,1-2H3/t26-,27-,29+/m1/s1. The second-order valence-electron chi connectivity index (χ2n) is 9.90. The molecule has 0 radical (unpaired) electrons. The zero-order valence-corrected chi connectivity index (χ0v) is 21.3. The van der Waals surface area contributed by atoms with Gasteiger partial charge in [-0.2, -0.15) is 4.31 Å². The van der Waals surface area contributed by atoms with E-state index in [1.54, 1.807) is 16.4 Å². The maximum Gasteiger partial charge on any atom is 0.243 e. The fourth-order valence-electron chi connectivity index (χ4n) is 5.76. The molecule has 2 saturated heterocycles. The predicted octanol–water partition coefficient (Wildman–Crippen LogP) is 4.58. The lowest BCUT2D eigenvalue weighted by atomic mass is 9.74. The Morgan fingerprint density at radius 2 is 1.49 bits per heavy atom. The Morgan fingerprint density at radius 1 is 0.857 bits per heavy atom. The van der Waals surface area contributed by atoms with E-state index in [0.29, 0.717) is 18.0 Å². The van der Waals surface area contributed by atoms with Crippen LogP contribution in [0.1, 0.15) is 35.4 Å². The van der Waals surface area contributed by atoms with Gasteiger partial charge in [-0.3, -0.25) is 4.90 Å². The van der Waals surface area contributed by atoms with Gasteiger partial charge in [-0.15, -0.1) is 0 Å². The Bertz CT molecular complexity index is 1270. The monoisotopic (exact) mass is 490 g/mol. The number of hydrogen-bond donors (Lipinski definition) is 1. The van der Waals surface area contributed by atoms with Gasteiger partial charge in [0, 0.05) is 31.1 Å².